The van der Waals surface area contributed by atoms with Crippen molar-refractivity contribution in [2.75, 3.05) is 6.54 Å². The Hall–Kier alpha value is -1.31. The summed E-state index contributed by atoms with van der Waals surface area (Å²) in [7, 11) is 0. The van der Waals surface area contributed by atoms with Gasteiger partial charge in [-0.1, -0.05) is 13.8 Å². The van der Waals surface area contributed by atoms with Crippen LogP contribution in [0.25, 0.3) is 0 Å². The summed E-state index contributed by atoms with van der Waals surface area (Å²) in [5.41, 5.74) is 9.33. The van der Waals surface area contributed by atoms with E-state index in [-0.39, 0.29) is 0 Å². The molecule has 1 aromatic carbocycles. The van der Waals surface area contributed by atoms with Gasteiger partial charge >= 0.3 is 0 Å². The number of nitrogens with one attached hydrogen (secondary N) is 1. The third-order valence-corrected chi connectivity index (χ3v) is 5.69. The van der Waals surface area contributed by atoms with Crippen LogP contribution in [0.1, 0.15) is 72.9 Å². The van der Waals surface area contributed by atoms with Crippen LogP contribution in [-0.4, -0.2) is 18.4 Å². The molecule has 3 rings (SSSR count). The van der Waals surface area contributed by atoms with Crippen molar-refractivity contribution in [1.29, 1.82) is 0 Å². The molecule has 2 heteroatoms. The average Bonchev–Trinajstić information content (AvgIpc) is 2.99. The second-order valence-corrected chi connectivity index (χ2v) is 6.81. The molecule has 2 aliphatic rings. The molecule has 1 N–H and O–H groups in total. The predicted octanol–water partition coefficient (Wildman–Crippen LogP) is 4.98. The highest BCUT2D eigenvalue weighted by Gasteiger charge is 2.22. The molecule has 1 aliphatic heterocycles. The van der Waals surface area contributed by atoms with E-state index < -0.39 is 0 Å². The fraction of sp³-hybridized carbons (Fsp3) is 0.667. The standard InChI is InChI=1S/C19H28N2.C2H6/c1-12-13(2)15(4)18-10-8-16(7-9-17(18)14(12)3)21-19-6-5-11-20-19;1-2/h16H,5-11H2,1-4H3,(H,20,21);1-2H3. The van der Waals surface area contributed by atoms with E-state index in [4.69, 9.17) is 0 Å². The minimum Gasteiger partial charge on any atom is -0.371 e. The molecule has 0 radical (unpaired) electrons. The third-order valence-electron chi connectivity index (χ3n) is 5.69. The lowest BCUT2D eigenvalue weighted by atomic mass is 9.87. The van der Waals surface area contributed by atoms with Gasteiger partial charge in [0, 0.05) is 19.0 Å². The maximum absolute atomic E-state index is 4.58. The van der Waals surface area contributed by atoms with Crippen LogP contribution in [0, 0.1) is 27.7 Å². The summed E-state index contributed by atoms with van der Waals surface area (Å²) in [6, 6.07) is 0.605. The lowest BCUT2D eigenvalue weighted by Gasteiger charge is -2.19. The minimum atomic E-state index is 0.605. The van der Waals surface area contributed by atoms with E-state index in [2.05, 4.69) is 38.0 Å². The van der Waals surface area contributed by atoms with E-state index in [0.29, 0.717) is 6.04 Å². The molecule has 0 aromatic heterocycles. The fourth-order valence-electron chi connectivity index (χ4n) is 3.96. The van der Waals surface area contributed by atoms with Gasteiger partial charge in [0.25, 0.3) is 0 Å². The van der Waals surface area contributed by atoms with Crippen LogP contribution < -0.4 is 5.32 Å². The zero-order valence-corrected chi connectivity index (χ0v) is 16.0. The summed E-state index contributed by atoms with van der Waals surface area (Å²) in [6.45, 7) is 14.2. The van der Waals surface area contributed by atoms with E-state index >= 15 is 0 Å². The number of hydrogen-bond acceptors (Lipinski definition) is 2. The fourth-order valence-corrected chi connectivity index (χ4v) is 3.96. The highest BCUT2D eigenvalue weighted by molar-refractivity contribution is 5.83. The molecule has 1 aliphatic carbocycles. The topological polar surface area (TPSA) is 24.4 Å². The van der Waals surface area contributed by atoms with Crippen LogP contribution in [0.3, 0.4) is 0 Å². The molecule has 1 heterocycles. The third kappa shape index (κ3) is 3.79. The number of aliphatic imine (C=N–C) groups is 1. The Morgan fingerprint density at radius 3 is 1.74 bits per heavy atom. The lowest BCUT2D eigenvalue weighted by molar-refractivity contribution is 0.535. The summed E-state index contributed by atoms with van der Waals surface area (Å²) >= 11 is 0. The normalized spacial score (nSPS) is 17.7. The van der Waals surface area contributed by atoms with E-state index in [0.717, 1.165) is 13.0 Å². The first-order valence-corrected chi connectivity index (χ1v) is 9.46. The Kier molecular flexibility index (Phi) is 6.26. The second kappa shape index (κ2) is 7.99. The van der Waals surface area contributed by atoms with E-state index in [9.17, 15) is 0 Å². The quantitative estimate of drug-likeness (QED) is 0.727. The molecule has 0 saturated heterocycles. The molecule has 0 atom stereocenters. The van der Waals surface area contributed by atoms with Crippen LogP contribution >= 0.6 is 0 Å². The first kappa shape index (κ1) is 18.0. The van der Waals surface area contributed by atoms with Gasteiger partial charge in [-0.05, 0) is 93.2 Å². The molecular formula is C21H34N2. The summed E-state index contributed by atoms with van der Waals surface area (Å²) in [5.74, 6) is 1.26. The summed E-state index contributed by atoms with van der Waals surface area (Å²) in [5, 5.41) is 3.71. The molecule has 0 unspecified atom stereocenters. The monoisotopic (exact) mass is 314 g/mol. The van der Waals surface area contributed by atoms with Gasteiger partial charge in [-0.15, -0.1) is 0 Å². The van der Waals surface area contributed by atoms with Crippen LogP contribution in [0.15, 0.2) is 4.99 Å². The van der Waals surface area contributed by atoms with Gasteiger partial charge in [0.1, 0.15) is 0 Å². The SMILES string of the molecule is CC.Cc1c(C)c(C)c2c(c1C)CCC(NC1=NCCC1)CC2. The zero-order chi connectivity index (χ0) is 17.0. The number of hydrogen-bond donors (Lipinski definition) is 1. The van der Waals surface area contributed by atoms with Gasteiger partial charge < -0.3 is 5.32 Å². The molecule has 0 saturated carbocycles. The van der Waals surface area contributed by atoms with E-state index in [1.165, 1.54) is 60.2 Å². The zero-order valence-electron chi connectivity index (χ0n) is 16.0. The molecule has 0 bridgehead atoms. The number of fused-ring (bicyclic) bond motifs is 1. The van der Waals surface area contributed by atoms with Gasteiger partial charge in [-0.25, -0.2) is 0 Å². The van der Waals surface area contributed by atoms with Crippen molar-refractivity contribution in [1.82, 2.24) is 5.32 Å². The predicted molar refractivity (Wildman–Crippen MR) is 102 cm³/mol. The van der Waals surface area contributed by atoms with Gasteiger partial charge in [0.15, 0.2) is 0 Å². The Labute approximate surface area is 142 Å². The molecule has 0 spiro atoms. The van der Waals surface area contributed by atoms with Crippen molar-refractivity contribution in [3.8, 4) is 0 Å². The average molecular weight is 315 g/mol. The molecule has 1 aromatic rings. The molecular weight excluding hydrogens is 280 g/mol. The van der Waals surface area contributed by atoms with Crippen molar-refractivity contribution in [3.05, 3.63) is 33.4 Å². The number of rotatable bonds is 1. The van der Waals surface area contributed by atoms with Crippen molar-refractivity contribution in [3.63, 3.8) is 0 Å². The lowest BCUT2D eigenvalue weighted by Crippen LogP contribution is -2.34. The van der Waals surface area contributed by atoms with E-state index in [1.54, 1.807) is 11.1 Å². The molecule has 2 nitrogen and oxygen atoms in total. The molecule has 23 heavy (non-hydrogen) atoms. The van der Waals surface area contributed by atoms with Gasteiger partial charge in [-0.3, -0.25) is 4.99 Å². The van der Waals surface area contributed by atoms with Crippen LogP contribution in [0.2, 0.25) is 0 Å². The number of nitrogens with zero attached hydrogens (tertiary/aromatic N) is 1. The largest absolute Gasteiger partial charge is 0.371 e. The maximum atomic E-state index is 4.58. The Balaban J connectivity index is 0.000000924. The highest BCUT2D eigenvalue weighted by Crippen LogP contribution is 2.31. The van der Waals surface area contributed by atoms with Crippen LogP contribution in [0.4, 0.5) is 0 Å². The highest BCUT2D eigenvalue weighted by atomic mass is 15.0. The molecule has 128 valence electrons. The summed E-state index contributed by atoms with van der Waals surface area (Å²) in [6.07, 6.45) is 7.30. The first-order valence-electron chi connectivity index (χ1n) is 9.46. The summed E-state index contributed by atoms with van der Waals surface area (Å²) < 4.78 is 0. The van der Waals surface area contributed by atoms with Crippen molar-refractivity contribution < 1.29 is 0 Å². The van der Waals surface area contributed by atoms with Crippen molar-refractivity contribution in [2.24, 2.45) is 4.99 Å². The maximum Gasteiger partial charge on any atom is 0.0965 e. The van der Waals surface area contributed by atoms with Crippen molar-refractivity contribution in [2.45, 2.75) is 86.1 Å². The molecule has 0 fully saturated rings. The van der Waals surface area contributed by atoms with E-state index in [1.807, 2.05) is 13.8 Å². The van der Waals surface area contributed by atoms with Gasteiger partial charge in [0.05, 0.1) is 5.84 Å². The first-order chi connectivity index (χ1) is 11.1. The van der Waals surface area contributed by atoms with Crippen LogP contribution in [-0.2, 0) is 12.8 Å². The Morgan fingerprint density at radius 1 is 0.783 bits per heavy atom. The smallest absolute Gasteiger partial charge is 0.0965 e. The Bertz CT molecular complexity index is 545. The number of amidine groups is 1. The second-order valence-electron chi connectivity index (χ2n) is 6.81. The van der Waals surface area contributed by atoms with Crippen LogP contribution in [0.5, 0.6) is 0 Å². The van der Waals surface area contributed by atoms with Crippen molar-refractivity contribution >= 4 is 5.84 Å². The number of benzene rings is 1. The van der Waals surface area contributed by atoms with Gasteiger partial charge in [-0.2, -0.15) is 0 Å². The Morgan fingerprint density at radius 2 is 1.30 bits per heavy atom. The molecule has 0 amide bonds. The summed E-state index contributed by atoms with van der Waals surface area (Å²) in [4.78, 5) is 4.58. The minimum absolute atomic E-state index is 0.605. The van der Waals surface area contributed by atoms with Gasteiger partial charge in [0.2, 0.25) is 0 Å².